The van der Waals surface area contributed by atoms with Gasteiger partial charge in [-0.2, -0.15) is 0 Å². The first-order valence-electron chi connectivity index (χ1n) is 4.11. The van der Waals surface area contributed by atoms with Gasteiger partial charge in [0.2, 0.25) is 0 Å². The lowest BCUT2D eigenvalue weighted by Crippen LogP contribution is -2.01. The van der Waals surface area contributed by atoms with E-state index in [1.807, 2.05) is 30.5 Å². The van der Waals surface area contributed by atoms with Crippen LogP contribution in [0.15, 0.2) is 34.3 Å². The van der Waals surface area contributed by atoms with Crippen molar-refractivity contribution in [3.05, 3.63) is 40.3 Å². The molecule has 1 unspecified atom stereocenters. The highest BCUT2D eigenvalue weighted by atomic mass is 32.2. The second kappa shape index (κ2) is 5.54. The average molecular weight is 209 g/mol. The van der Waals surface area contributed by atoms with Crippen LogP contribution < -0.4 is 0 Å². The van der Waals surface area contributed by atoms with E-state index >= 15 is 0 Å². The number of hydrogen-bond acceptors (Lipinski definition) is 3. The van der Waals surface area contributed by atoms with Gasteiger partial charge in [-0.05, 0) is 23.4 Å². The Morgan fingerprint density at radius 1 is 1.57 bits per heavy atom. The number of benzene rings is 1. The first-order chi connectivity index (χ1) is 6.83. The van der Waals surface area contributed by atoms with Crippen molar-refractivity contribution >= 4 is 11.8 Å². The number of rotatable bonds is 4. The summed E-state index contributed by atoms with van der Waals surface area (Å²) in [4.78, 5) is 3.74. The van der Waals surface area contributed by atoms with Crippen LogP contribution in [-0.4, -0.2) is 18.0 Å². The number of aliphatic hydroxyl groups is 1. The molecule has 5 heteroatoms. The molecule has 0 fully saturated rings. The summed E-state index contributed by atoms with van der Waals surface area (Å²) < 4.78 is 0. The summed E-state index contributed by atoms with van der Waals surface area (Å²) >= 11 is 1.57. The van der Waals surface area contributed by atoms with Gasteiger partial charge in [0.05, 0.1) is 12.6 Å². The third kappa shape index (κ3) is 2.42. The van der Waals surface area contributed by atoms with Crippen molar-refractivity contribution in [1.82, 2.24) is 0 Å². The zero-order chi connectivity index (χ0) is 10.4. The van der Waals surface area contributed by atoms with E-state index in [4.69, 9.17) is 10.6 Å². The molecule has 0 aliphatic heterocycles. The van der Waals surface area contributed by atoms with Crippen molar-refractivity contribution in [2.24, 2.45) is 5.11 Å². The molecule has 0 heterocycles. The van der Waals surface area contributed by atoms with E-state index < -0.39 is 6.04 Å². The third-order valence-electron chi connectivity index (χ3n) is 1.86. The van der Waals surface area contributed by atoms with Crippen molar-refractivity contribution in [2.75, 3.05) is 12.9 Å². The van der Waals surface area contributed by atoms with Gasteiger partial charge in [0.15, 0.2) is 0 Å². The molecule has 0 aliphatic carbocycles. The molecule has 0 radical (unpaired) electrons. The molecule has 14 heavy (non-hydrogen) atoms. The van der Waals surface area contributed by atoms with Crippen LogP contribution >= 0.6 is 11.8 Å². The van der Waals surface area contributed by atoms with E-state index in [1.165, 1.54) is 0 Å². The van der Waals surface area contributed by atoms with E-state index in [1.54, 1.807) is 11.8 Å². The summed E-state index contributed by atoms with van der Waals surface area (Å²) in [6.07, 6.45) is 1.95. The zero-order valence-corrected chi connectivity index (χ0v) is 8.61. The molecule has 0 saturated heterocycles. The summed E-state index contributed by atoms with van der Waals surface area (Å²) in [7, 11) is 0. The molecule has 1 aromatic rings. The highest BCUT2D eigenvalue weighted by Crippen LogP contribution is 2.27. The quantitative estimate of drug-likeness (QED) is 0.358. The fourth-order valence-electron chi connectivity index (χ4n) is 1.20. The summed E-state index contributed by atoms with van der Waals surface area (Å²) in [6, 6.07) is 7.10. The third-order valence-corrected chi connectivity index (χ3v) is 2.67. The molecular formula is C9H11N3OS. The summed E-state index contributed by atoms with van der Waals surface area (Å²) in [5.74, 6) is 0. The Morgan fingerprint density at radius 3 is 2.86 bits per heavy atom. The van der Waals surface area contributed by atoms with E-state index in [2.05, 4.69) is 10.0 Å². The highest BCUT2D eigenvalue weighted by Gasteiger charge is 2.11. The maximum absolute atomic E-state index is 9.06. The van der Waals surface area contributed by atoms with Crippen molar-refractivity contribution in [3.8, 4) is 0 Å². The fourth-order valence-corrected chi connectivity index (χ4v) is 1.86. The number of hydrogen-bond donors (Lipinski definition) is 1. The van der Waals surface area contributed by atoms with Gasteiger partial charge in [0.1, 0.15) is 0 Å². The fraction of sp³-hybridized carbons (Fsp3) is 0.333. The van der Waals surface area contributed by atoms with Gasteiger partial charge in [-0.1, -0.05) is 23.3 Å². The van der Waals surface area contributed by atoms with Crippen LogP contribution in [0, 0.1) is 0 Å². The van der Waals surface area contributed by atoms with Crippen LogP contribution in [0.1, 0.15) is 11.6 Å². The lowest BCUT2D eigenvalue weighted by Gasteiger charge is -2.11. The lowest BCUT2D eigenvalue weighted by molar-refractivity contribution is 0.266. The Bertz CT molecular complexity index is 350. The Kier molecular flexibility index (Phi) is 4.32. The topological polar surface area (TPSA) is 69.0 Å². The average Bonchev–Trinajstić information content (AvgIpc) is 2.26. The van der Waals surface area contributed by atoms with Crippen LogP contribution in [-0.2, 0) is 0 Å². The van der Waals surface area contributed by atoms with Gasteiger partial charge in [-0.25, -0.2) is 0 Å². The van der Waals surface area contributed by atoms with Gasteiger partial charge in [0, 0.05) is 9.81 Å². The Morgan fingerprint density at radius 2 is 2.29 bits per heavy atom. The summed E-state index contributed by atoms with van der Waals surface area (Å²) in [5, 5.41) is 12.6. The van der Waals surface area contributed by atoms with Gasteiger partial charge >= 0.3 is 0 Å². The van der Waals surface area contributed by atoms with Gasteiger partial charge in [0.25, 0.3) is 0 Å². The Hall–Kier alpha value is -1.16. The predicted molar refractivity (Wildman–Crippen MR) is 57.2 cm³/mol. The molecular weight excluding hydrogens is 198 g/mol. The van der Waals surface area contributed by atoms with Crippen molar-refractivity contribution in [2.45, 2.75) is 10.9 Å². The Labute approximate surface area is 86.6 Å². The molecule has 1 atom stereocenters. The van der Waals surface area contributed by atoms with Crippen LogP contribution in [0.2, 0.25) is 0 Å². The zero-order valence-electron chi connectivity index (χ0n) is 7.79. The van der Waals surface area contributed by atoms with Crippen LogP contribution in [0.4, 0.5) is 0 Å². The molecule has 74 valence electrons. The number of nitrogens with zero attached hydrogens (tertiary/aromatic N) is 3. The molecule has 0 saturated carbocycles. The molecule has 4 nitrogen and oxygen atoms in total. The van der Waals surface area contributed by atoms with Crippen LogP contribution in [0.5, 0.6) is 0 Å². The second-order valence-electron chi connectivity index (χ2n) is 2.65. The SMILES string of the molecule is CSc1ccccc1C(CO)N=[N+]=[N-]. The highest BCUT2D eigenvalue weighted by molar-refractivity contribution is 7.98. The molecule has 1 N–H and O–H groups in total. The van der Waals surface area contributed by atoms with Crippen LogP contribution in [0.3, 0.4) is 0 Å². The molecule has 0 aromatic heterocycles. The second-order valence-corrected chi connectivity index (χ2v) is 3.49. The van der Waals surface area contributed by atoms with Crippen LogP contribution in [0.25, 0.3) is 10.4 Å². The van der Waals surface area contributed by atoms with E-state index in [0.717, 1.165) is 10.5 Å². The minimum absolute atomic E-state index is 0.165. The minimum atomic E-state index is -0.483. The van der Waals surface area contributed by atoms with E-state index in [0.29, 0.717) is 0 Å². The van der Waals surface area contributed by atoms with Crippen molar-refractivity contribution in [3.63, 3.8) is 0 Å². The Balaban J connectivity index is 3.08. The molecule has 0 amide bonds. The molecule has 0 bridgehead atoms. The predicted octanol–water partition coefficient (Wildman–Crippen LogP) is 2.75. The maximum atomic E-state index is 9.06. The van der Waals surface area contributed by atoms with E-state index in [-0.39, 0.29) is 6.61 Å². The molecule has 0 aliphatic rings. The van der Waals surface area contributed by atoms with E-state index in [9.17, 15) is 0 Å². The minimum Gasteiger partial charge on any atom is -0.396 e. The summed E-state index contributed by atoms with van der Waals surface area (Å²) in [6.45, 7) is -0.165. The monoisotopic (exact) mass is 209 g/mol. The number of aliphatic hydroxyl groups excluding tert-OH is 1. The molecule has 0 spiro atoms. The molecule has 1 rings (SSSR count). The standard InChI is InChI=1S/C9H11N3OS/c1-14-9-5-3-2-4-7(9)8(6-13)11-12-10/h2-5,8,13H,6H2,1H3. The number of azide groups is 1. The van der Waals surface area contributed by atoms with Gasteiger partial charge < -0.3 is 5.11 Å². The summed E-state index contributed by atoms with van der Waals surface area (Å²) in [5.41, 5.74) is 9.21. The molecule has 1 aromatic carbocycles. The van der Waals surface area contributed by atoms with Crippen molar-refractivity contribution in [1.29, 1.82) is 0 Å². The maximum Gasteiger partial charge on any atom is 0.0867 e. The van der Waals surface area contributed by atoms with Crippen molar-refractivity contribution < 1.29 is 5.11 Å². The number of thioether (sulfide) groups is 1. The van der Waals surface area contributed by atoms with Gasteiger partial charge in [-0.3, -0.25) is 0 Å². The smallest absolute Gasteiger partial charge is 0.0867 e. The van der Waals surface area contributed by atoms with Gasteiger partial charge in [-0.15, -0.1) is 11.8 Å². The largest absolute Gasteiger partial charge is 0.396 e. The normalized spacial score (nSPS) is 11.9. The lowest BCUT2D eigenvalue weighted by atomic mass is 10.1. The first kappa shape index (κ1) is 10.9. The first-order valence-corrected chi connectivity index (χ1v) is 5.34.